The number of aromatic amines is 1. The number of hydrogen-bond donors (Lipinski definition) is 7. The minimum atomic E-state index is -1.62. The van der Waals surface area contributed by atoms with Crippen molar-refractivity contribution in [1.29, 1.82) is 0 Å². The fourth-order valence-electron chi connectivity index (χ4n) is 4.51. The van der Waals surface area contributed by atoms with E-state index in [2.05, 4.69) is 36.9 Å². The minimum absolute atomic E-state index is 0.0174. The molecule has 0 saturated heterocycles. The van der Waals surface area contributed by atoms with Crippen LogP contribution in [0.25, 0.3) is 10.9 Å². The number of carbonyl (C=O) groups excluding carboxylic acids is 4. The molecule has 3 aromatic rings. The molecule has 0 spiro atoms. The number of aliphatic carboxylic acids is 1. The third kappa shape index (κ3) is 10.3. The van der Waals surface area contributed by atoms with Crippen molar-refractivity contribution >= 4 is 67.2 Å². The van der Waals surface area contributed by atoms with E-state index in [-0.39, 0.29) is 25.0 Å². The molecule has 15 heteroatoms. The van der Waals surface area contributed by atoms with Gasteiger partial charge < -0.3 is 37.5 Å². The fraction of sp³-hybridized carbons (Fsp3) is 0.345. The van der Waals surface area contributed by atoms with Crippen molar-refractivity contribution in [3.63, 3.8) is 0 Å². The summed E-state index contributed by atoms with van der Waals surface area (Å²) in [6.07, 6.45) is 2.45. The number of carbonyl (C=O) groups is 5. The molecule has 1 unspecified atom stereocenters. The SMILES string of the molecule is CS(=O)CC[C@H](NC(=O)[C@H](N)Cc1c[nH]c2ccccc12)C(=O)N[C@@H](CC(=O)O)C(=O)N[C@@H](Cc1cccc(Br)c1)C(N)=O. The number of carboxylic acids is 1. The first-order chi connectivity index (χ1) is 20.8. The molecule has 13 nitrogen and oxygen atoms in total. The van der Waals surface area contributed by atoms with Crippen molar-refractivity contribution in [3.8, 4) is 0 Å². The zero-order valence-electron chi connectivity index (χ0n) is 23.9. The highest BCUT2D eigenvalue weighted by atomic mass is 79.9. The normalized spacial score (nSPS) is 14.5. The van der Waals surface area contributed by atoms with Crippen LogP contribution in [-0.4, -0.2) is 80.1 Å². The van der Waals surface area contributed by atoms with Gasteiger partial charge in [0.2, 0.25) is 23.6 Å². The van der Waals surface area contributed by atoms with Crippen LogP contribution in [0.1, 0.15) is 24.0 Å². The van der Waals surface area contributed by atoms with Crippen LogP contribution in [0.5, 0.6) is 0 Å². The van der Waals surface area contributed by atoms with Gasteiger partial charge >= 0.3 is 5.97 Å². The van der Waals surface area contributed by atoms with Gasteiger partial charge in [0, 0.05) is 50.8 Å². The van der Waals surface area contributed by atoms with Crippen molar-refractivity contribution in [1.82, 2.24) is 20.9 Å². The zero-order chi connectivity index (χ0) is 32.4. The molecule has 44 heavy (non-hydrogen) atoms. The van der Waals surface area contributed by atoms with Crippen molar-refractivity contribution < 1.29 is 33.3 Å². The number of H-pyrrole nitrogens is 1. The van der Waals surface area contributed by atoms with Crippen LogP contribution in [0.15, 0.2) is 59.2 Å². The number of carboxylic acid groups (broad SMARTS) is 1. The number of rotatable bonds is 16. The van der Waals surface area contributed by atoms with Gasteiger partial charge in [-0.1, -0.05) is 46.3 Å². The standard InChI is InChI=1S/C29H35BrN6O7S/c1-44(43)10-9-22(34-27(40)20(31)13-17-15-33-21-8-3-2-7-19(17)21)28(41)36-24(14-25(37)38)29(42)35-23(26(32)39)12-16-5-4-6-18(30)11-16/h2-8,11,15,20,22-24,33H,9-10,12-14,31H2,1H3,(H2,32,39)(H,34,40)(H,35,42)(H,36,41)(H,37,38)/t20-,22+,23+,24+,44?/m1/s1. The summed E-state index contributed by atoms with van der Waals surface area (Å²) in [5.74, 6) is -4.74. The van der Waals surface area contributed by atoms with Crippen LogP contribution >= 0.6 is 15.9 Å². The second-order valence-corrected chi connectivity index (χ2v) is 12.7. The van der Waals surface area contributed by atoms with Gasteiger partial charge in [0.05, 0.1) is 12.5 Å². The molecule has 3 rings (SSSR count). The quantitative estimate of drug-likeness (QED) is 0.110. The Balaban J connectivity index is 1.72. The second-order valence-electron chi connectivity index (χ2n) is 10.3. The number of aromatic nitrogens is 1. The summed E-state index contributed by atoms with van der Waals surface area (Å²) < 4.78 is 12.5. The first-order valence-corrected chi connectivity index (χ1v) is 16.1. The number of nitrogens with one attached hydrogen (secondary N) is 4. The van der Waals surface area contributed by atoms with Crippen LogP contribution < -0.4 is 27.4 Å². The summed E-state index contributed by atoms with van der Waals surface area (Å²) in [5, 5.41) is 17.6. The van der Waals surface area contributed by atoms with Gasteiger partial charge in [0.1, 0.15) is 18.1 Å². The van der Waals surface area contributed by atoms with Crippen molar-refractivity contribution in [3.05, 3.63) is 70.3 Å². The molecule has 2 aromatic carbocycles. The molecule has 1 aromatic heterocycles. The largest absolute Gasteiger partial charge is 0.481 e. The van der Waals surface area contributed by atoms with E-state index in [0.29, 0.717) is 5.56 Å². The Morgan fingerprint density at radius 3 is 2.25 bits per heavy atom. The lowest BCUT2D eigenvalue weighted by molar-refractivity contribution is -0.141. The molecule has 4 amide bonds. The summed E-state index contributed by atoms with van der Waals surface area (Å²) in [7, 11) is -1.33. The highest BCUT2D eigenvalue weighted by molar-refractivity contribution is 9.10. The number of primary amides is 1. The van der Waals surface area contributed by atoms with E-state index < -0.39 is 71.0 Å². The van der Waals surface area contributed by atoms with E-state index in [9.17, 15) is 33.3 Å². The summed E-state index contributed by atoms with van der Waals surface area (Å²) in [5.41, 5.74) is 14.0. The average Bonchev–Trinajstić information content (AvgIpc) is 3.36. The van der Waals surface area contributed by atoms with E-state index in [0.717, 1.165) is 20.9 Å². The molecule has 9 N–H and O–H groups in total. The van der Waals surface area contributed by atoms with Gasteiger partial charge in [-0.15, -0.1) is 0 Å². The van der Waals surface area contributed by atoms with Gasteiger partial charge in [-0.05, 0) is 42.2 Å². The second kappa shape index (κ2) is 16.1. The van der Waals surface area contributed by atoms with Gasteiger partial charge in [0.15, 0.2) is 0 Å². The number of hydrogen-bond acceptors (Lipinski definition) is 7. The number of para-hydroxylation sites is 1. The minimum Gasteiger partial charge on any atom is -0.481 e. The lowest BCUT2D eigenvalue weighted by atomic mass is 10.0. The summed E-state index contributed by atoms with van der Waals surface area (Å²) in [4.78, 5) is 66.3. The number of benzene rings is 2. The highest BCUT2D eigenvalue weighted by Crippen LogP contribution is 2.19. The summed E-state index contributed by atoms with van der Waals surface area (Å²) in [6.45, 7) is 0. The Hall–Kier alpha value is -4.08. The molecule has 0 aliphatic rings. The lowest BCUT2D eigenvalue weighted by Gasteiger charge is -2.25. The monoisotopic (exact) mass is 690 g/mol. The molecule has 0 radical (unpaired) electrons. The molecule has 0 aliphatic heterocycles. The lowest BCUT2D eigenvalue weighted by Crippen LogP contribution is -2.58. The Morgan fingerprint density at radius 2 is 1.59 bits per heavy atom. The van der Waals surface area contributed by atoms with E-state index >= 15 is 0 Å². The Labute approximate surface area is 264 Å². The Morgan fingerprint density at radius 1 is 0.932 bits per heavy atom. The van der Waals surface area contributed by atoms with Crippen LogP contribution in [0, 0.1) is 0 Å². The van der Waals surface area contributed by atoms with Crippen molar-refractivity contribution in [2.75, 3.05) is 12.0 Å². The van der Waals surface area contributed by atoms with Gasteiger partial charge in [-0.3, -0.25) is 28.2 Å². The zero-order valence-corrected chi connectivity index (χ0v) is 26.3. The van der Waals surface area contributed by atoms with Crippen molar-refractivity contribution in [2.24, 2.45) is 11.5 Å². The van der Waals surface area contributed by atoms with Crippen LogP contribution in [0.3, 0.4) is 0 Å². The molecule has 0 bridgehead atoms. The first kappa shape index (κ1) is 34.4. The van der Waals surface area contributed by atoms with E-state index in [4.69, 9.17) is 11.5 Å². The maximum Gasteiger partial charge on any atom is 0.305 e. The van der Waals surface area contributed by atoms with Gasteiger partial charge in [-0.25, -0.2) is 0 Å². The third-order valence-corrected chi connectivity index (χ3v) is 8.08. The molecule has 1 heterocycles. The van der Waals surface area contributed by atoms with Crippen molar-refractivity contribution in [2.45, 2.75) is 49.9 Å². The number of halogens is 1. The van der Waals surface area contributed by atoms with E-state index in [1.165, 1.54) is 6.26 Å². The molecule has 5 atom stereocenters. The van der Waals surface area contributed by atoms with Gasteiger partial charge in [-0.2, -0.15) is 0 Å². The summed E-state index contributed by atoms with van der Waals surface area (Å²) in [6, 6.07) is 9.29. The smallest absolute Gasteiger partial charge is 0.305 e. The molecular formula is C29H35BrN6O7S. The molecule has 0 saturated carbocycles. The third-order valence-electron chi connectivity index (χ3n) is 6.78. The maximum absolute atomic E-state index is 13.3. The van der Waals surface area contributed by atoms with E-state index in [1.807, 2.05) is 24.3 Å². The van der Waals surface area contributed by atoms with Crippen LogP contribution in [-0.2, 0) is 47.6 Å². The molecule has 0 fully saturated rings. The summed E-state index contributed by atoms with van der Waals surface area (Å²) >= 11 is 3.33. The predicted octanol–water partition coefficient (Wildman–Crippen LogP) is 0.226. The van der Waals surface area contributed by atoms with Crippen LogP contribution in [0.4, 0.5) is 0 Å². The van der Waals surface area contributed by atoms with Gasteiger partial charge in [0.25, 0.3) is 0 Å². The maximum atomic E-state index is 13.3. The Kier molecular flexibility index (Phi) is 12.6. The molecule has 0 aliphatic carbocycles. The Bertz CT molecular complexity index is 1550. The highest BCUT2D eigenvalue weighted by Gasteiger charge is 2.31. The number of nitrogens with two attached hydrogens (primary N) is 2. The topological polar surface area (TPSA) is 227 Å². The number of fused-ring (bicyclic) bond motifs is 1. The van der Waals surface area contributed by atoms with E-state index in [1.54, 1.807) is 30.5 Å². The fourth-order valence-corrected chi connectivity index (χ4v) is 5.53. The predicted molar refractivity (Wildman–Crippen MR) is 169 cm³/mol. The number of amides is 4. The average molecular weight is 692 g/mol. The molecule has 236 valence electrons. The first-order valence-electron chi connectivity index (χ1n) is 13.6. The molecular weight excluding hydrogens is 656 g/mol. The van der Waals surface area contributed by atoms with Crippen LogP contribution in [0.2, 0.25) is 0 Å².